The van der Waals surface area contributed by atoms with Crippen LogP contribution in [0.1, 0.15) is 45.2 Å². The molecule has 2 aromatic heterocycles. The molecule has 8 heteroatoms. The van der Waals surface area contributed by atoms with E-state index < -0.39 is 17.6 Å². The summed E-state index contributed by atoms with van der Waals surface area (Å²) in [5.41, 5.74) is 1.34. The lowest BCUT2D eigenvalue weighted by molar-refractivity contribution is -0.141. The molecule has 5 atom stereocenters. The van der Waals surface area contributed by atoms with E-state index in [1.54, 1.807) is 30.7 Å². The number of hydrogen-bond donors (Lipinski definition) is 2. The molecule has 30 heavy (non-hydrogen) atoms. The van der Waals surface area contributed by atoms with Crippen molar-refractivity contribution in [3.63, 3.8) is 0 Å². The number of carbonyl (C=O) groups is 1. The number of rotatable bonds is 6. The molecule has 7 nitrogen and oxygen atoms in total. The van der Waals surface area contributed by atoms with Gasteiger partial charge in [-0.1, -0.05) is 20.8 Å². The predicted octanol–water partition coefficient (Wildman–Crippen LogP) is 3.75. The fourth-order valence-electron chi connectivity index (χ4n) is 5.33. The molecule has 160 valence electrons. The van der Waals surface area contributed by atoms with E-state index in [4.69, 9.17) is 0 Å². The third-order valence-electron chi connectivity index (χ3n) is 7.40. The Bertz CT molecular complexity index is 1010. The number of aliphatic carboxylic acids is 1. The number of nitrogens with one attached hydrogen (secondary N) is 1. The Hall–Kier alpha value is -2.22. The standard InChI is InChI=1S/C22H27BrN4O3/c1-12-15-9-14(22(15,2)3)10-16(12)26-17-11-25-27(20(28)19(17)23)18(21(29)30)8-13-4-6-24-7-5-13/h4-7,11-12,14-16,18,26H,8-10H2,1-3H3,(H,29,30)/t12-,14+,15+,16+,18?/m0/s1. The van der Waals surface area contributed by atoms with E-state index in [9.17, 15) is 14.7 Å². The zero-order chi connectivity index (χ0) is 21.6. The molecule has 3 aliphatic rings. The van der Waals surface area contributed by atoms with Crippen LogP contribution < -0.4 is 10.9 Å². The fraction of sp³-hybridized carbons (Fsp3) is 0.545. The highest BCUT2D eigenvalue weighted by molar-refractivity contribution is 9.10. The van der Waals surface area contributed by atoms with Gasteiger partial charge in [0.1, 0.15) is 4.47 Å². The lowest BCUT2D eigenvalue weighted by atomic mass is 9.45. The van der Waals surface area contributed by atoms with Gasteiger partial charge in [-0.15, -0.1) is 0 Å². The summed E-state index contributed by atoms with van der Waals surface area (Å²) >= 11 is 3.39. The SMILES string of the molecule is C[C@H]1[C@H]2C[C@H](C[C@H]1Nc1cnn(C(Cc3ccncc3)C(=O)O)c(=O)c1Br)C2(C)C. The van der Waals surface area contributed by atoms with Gasteiger partial charge < -0.3 is 10.4 Å². The smallest absolute Gasteiger partial charge is 0.329 e. The topological polar surface area (TPSA) is 97.1 Å². The maximum absolute atomic E-state index is 13.0. The van der Waals surface area contributed by atoms with Crippen LogP contribution in [0.15, 0.2) is 40.0 Å². The highest BCUT2D eigenvalue weighted by Crippen LogP contribution is 2.61. The molecule has 3 aliphatic carbocycles. The van der Waals surface area contributed by atoms with Crippen LogP contribution in [0, 0.1) is 23.2 Å². The Morgan fingerprint density at radius 1 is 1.37 bits per heavy atom. The van der Waals surface area contributed by atoms with Crippen molar-refractivity contribution in [2.45, 2.75) is 52.1 Å². The van der Waals surface area contributed by atoms with E-state index >= 15 is 0 Å². The van der Waals surface area contributed by atoms with Crippen molar-refractivity contribution in [2.75, 3.05) is 5.32 Å². The number of hydrogen-bond acceptors (Lipinski definition) is 5. The molecule has 0 amide bonds. The van der Waals surface area contributed by atoms with Crippen LogP contribution in [0.5, 0.6) is 0 Å². The van der Waals surface area contributed by atoms with Crippen molar-refractivity contribution in [2.24, 2.45) is 23.2 Å². The molecule has 2 aromatic rings. The minimum absolute atomic E-state index is 0.155. The van der Waals surface area contributed by atoms with Crippen molar-refractivity contribution in [1.29, 1.82) is 0 Å². The zero-order valence-corrected chi connectivity index (χ0v) is 19.0. The lowest BCUT2D eigenvalue weighted by Crippen LogP contribution is -2.58. The number of fused-ring (bicyclic) bond motifs is 2. The minimum atomic E-state index is -1.10. The van der Waals surface area contributed by atoms with E-state index in [0.29, 0.717) is 33.3 Å². The molecule has 2 bridgehead atoms. The van der Waals surface area contributed by atoms with Crippen LogP contribution in [-0.2, 0) is 11.2 Å². The van der Waals surface area contributed by atoms with Gasteiger partial charge >= 0.3 is 5.97 Å². The van der Waals surface area contributed by atoms with Gasteiger partial charge in [-0.05, 0) is 69.6 Å². The molecule has 5 rings (SSSR count). The summed E-state index contributed by atoms with van der Waals surface area (Å²) < 4.78 is 1.37. The van der Waals surface area contributed by atoms with E-state index in [2.05, 4.69) is 52.1 Å². The van der Waals surface area contributed by atoms with Crippen molar-refractivity contribution in [1.82, 2.24) is 14.8 Å². The summed E-state index contributed by atoms with van der Waals surface area (Å²) in [6.45, 7) is 6.98. The molecule has 3 fully saturated rings. The highest BCUT2D eigenvalue weighted by atomic mass is 79.9. The van der Waals surface area contributed by atoms with Gasteiger partial charge in [0.05, 0.1) is 11.9 Å². The molecule has 0 saturated heterocycles. The number of halogens is 1. The van der Waals surface area contributed by atoms with Crippen LogP contribution in [0.3, 0.4) is 0 Å². The minimum Gasteiger partial charge on any atom is -0.480 e. The molecule has 0 aliphatic heterocycles. The first kappa shape index (κ1) is 21.0. The van der Waals surface area contributed by atoms with Gasteiger partial charge in [0.15, 0.2) is 6.04 Å². The molecule has 0 radical (unpaired) electrons. The van der Waals surface area contributed by atoms with Crippen LogP contribution in [0.4, 0.5) is 5.69 Å². The summed E-state index contributed by atoms with van der Waals surface area (Å²) in [7, 11) is 0. The molecular weight excluding hydrogens is 448 g/mol. The lowest BCUT2D eigenvalue weighted by Gasteiger charge is -2.62. The van der Waals surface area contributed by atoms with Gasteiger partial charge in [0.25, 0.3) is 5.56 Å². The predicted molar refractivity (Wildman–Crippen MR) is 117 cm³/mol. The third-order valence-corrected chi connectivity index (χ3v) is 8.16. The van der Waals surface area contributed by atoms with Crippen molar-refractivity contribution < 1.29 is 9.90 Å². The van der Waals surface area contributed by atoms with Crippen molar-refractivity contribution in [3.8, 4) is 0 Å². The number of pyridine rings is 1. The van der Waals surface area contributed by atoms with E-state index in [-0.39, 0.29) is 12.5 Å². The molecule has 3 saturated carbocycles. The first-order chi connectivity index (χ1) is 14.2. The molecule has 2 N–H and O–H groups in total. The average Bonchev–Trinajstić information content (AvgIpc) is 2.71. The highest BCUT2D eigenvalue weighted by Gasteiger charge is 2.56. The maximum atomic E-state index is 13.0. The molecule has 1 unspecified atom stereocenters. The average molecular weight is 475 g/mol. The van der Waals surface area contributed by atoms with Gasteiger partial charge in [-0.25, -0.2) is 9.48 Å². The maximum Gasteiger partial charge on any atom is 0.329 e. The number of nitrogens with zero attached hydrogens (tertiary/aromatic N) is 3. The molecule has 0 aromatic carbocycles. The van der Waals surface area contributed by atoms with Crippen molar-refractivity contribution in [3.05, 3.63) is 51.1 Å². The Morgan fingerprint density at radius 2 is 2.07 bits per heavy atom. The number of carboxylic acid groups (broad SMARTS) is 1. The number of carboxylic acids is 1. The summed E-state index contributed by atoms with van der Waals surface area (Å²) in [6, 6.07) is 2.67. The second kappa shape index (κ2) is 7.80. The van der Waals surface area contributed by atoms with Crippen LogP contribution >= 0.6 is 15.9 Å². The Morgan fingerprint density at radius 3 is 2.67 bits per heavy atom. The summed E-state index contributed by atoms with van der Waals surface area (Å²) in [5, 5.41) is 17.4. The first-order valence-corrected chi connectivity index (χ1v) is 11.1. The van der Waals surface area contributed by atoms with Crippen LogP contribution in [-0.4, -0.2) is 31.9 Å². The van der Waals surface area contributed by atoms with Gasteiger partial charge in [-0.3, -0.25) is 9.78 Å². The van der Waals surface area contributed by atoms with Crippen LogP contribution in [0.25, 0.3) is 0 Å². The molecular formula is C22H27BrN4O3. The zero-order valence-electron chi connectivity index (χ0n) is 17.4. The fourth-order valence-corrected chi connectivity index (χ4v) is 5.73. The first-order valence-electron chi connectivity index (χ1n) is 10.4. The summed E-state index contributed by atoms with van der Waals surface area (Å²) in [4.78, 5) is 28.8. The van der Waals surface area contributed by atoms with Gasteiger partial charge in [0.2, 0.25) is 0 Å². The Labute approximate surface area is 184 Å². The monoisotopic (exact) mass is 474 g/mol. The molecule has 0 spiro atoms. The third kappa shape index (κ3) is 3.55. The second-order valence-electron chi connectivity index (χ2n) is 9.24. The van der Waals surface area contributed by atoms with E-state index in [1.165, 1.54) is 6.42 Å². The normalized spacial score (nSPS) is 27.7. The summed E-state index contributed by atoms with van der Waals surface area (Å²) in [5.74, 6) is 0.771. The second-order valence-corrected chi connectivity index (χ2v) is 10.0. The Balaban J connectivity index is 1.56. The van der Waals surface area contributed by atoms with Gasteiger partial charge in [-0.2, -0.15) is 5.10 Å². The summed E-state index contributed by atoms with van der Waals surface area (Å²) in [6.07, 6.45) is 7.27. The Kier molecular flexibility index (Phi) is 5.46. The molecule has 2 heterocycles. The quantitative estimate of drug-likeness (QED) is 0.661. The number of anilines is 1. The van der Waals surface area contributed by atoms with Crippen LogP contribution in [0.2, 0.25) is 0 Å². The van der Waals surface area contributed by atoms with Crippen molar-refractivity contribution >= 4 is 27.6 Å². The van der Waals surface area contributed by atoms with E-state index in [0.717, 1.165) is 16.7 Å². The number of aromatic nitrogens is 3. The van der Waals surface area contributed by atoms with E-state index in [1.807, 2.05) is 0 Å². The van der Waals surface area contributed by atoms with Gasteiger partial charge in [0, 0.05) is 24.9 Å². The largest absolute Gasteiger partial charge is 0.480 e.